The molecule has 0 spiro atoms. The number of rotatable bonds is 8. The highest BCUT2D eigenvalue weighted by Gasteiger charge is 2.21. The Morgan fingerprint density at radius 2 is 1.24 bits per heavy atom. The Balaban J connectivity index is 1.21. The number of nitrogens with zero attached hydrogens (tertiary/aromatic N) is 2. The van der Waals surface area contributed by atoms with Gasteiger partial charge in [-0.3, -0.25) is 9.69 Å². The molecule has 1 saturated heterocycles. The number of piperazine rings is 1. The predicted molar refractivity (Wildman–Crippen MR) is 153 cm³/mol. The molecule has 0 unspecified atom stereocenters. The molecule has 1 amide bonds. The van der Waals surface area contributed by atoms with E-state index in [9.17, 15) is 9.90 Å². The molecule has 4 nitrogen and oxygen atoms in total. The van der Waals surface area contributed by atoms with Crippen molar-refractivity contribution in [2.24, 2.45) is 0 Å². The first-order valence-electron chi connectivity index (χ1n) is 12.8. The second-order valence-electron chi connectivity index (χ2n) is 9.34. The number of phenols is 1. The molecule has 4 aromatic rings. The third-order valence-electron chi connectivity index (χ3n) is 6.81. The largest absolute Gasteiger partial charge is 0.507 e. The molecule has 0 aromatic heterocycles. The number of hydrogen-bond donors (Lipinski definition) is 1. The fourth-order valence-electron chi connectivity index (χ4n) is 4.78. The van der Waals surface area contributed by atoms with Gasteiger partial charge in [0.15, 0.2) is 0 Å². The van der Waals surface area contributed by atoms with Crippen LogP contribution in [0.4, 0.5) is 0 Å². The van der Waals surface area contributed by atoms with Gasteiger partial charge in [0.25, 0.3) is 0 Å². The first-order valence-corrected chi connectivity index (χ1v) is 13.8. The average molecular weight is 509 g/mol. The zero-order valence-electron chi connectivity index (χ0n) is 20.9. The molecule has 0 atom stereocenters. The van der Waals surface area contributed by atoms with E-state index < -0.39 is 0 Å². The van der Waals surface area contributed by atoms with Gasteiger partial charge in [-0.25, -0.2) is 0 Å². The number of benzene rings is 4. The SMILES string of the molecule is O=C(CCSc1cc(-c2ccccc2)c(O)c(-c2ccccc2)c1)N1CCN(Cc2ccccc2)CC1. The zero-order chi connectivity index (χ0) is 25.5. The Morgan fingerprint density at radius 3 is 1.78 bits per heavy atom. The third-order valence-corrected chi connectivity index (χ3v) is 7.79. The van der Waals surface area contributed by atoms with Gasteiger partial charge in [0, 0.05) is 60.9 Å². The van der Waals surface area contributed by atoms with Crippen LogP contribution >= 0.6 is 11.8 Å². The highest BCUT2D eigenvalue weighted by Crippen LogP contribution is 2.41. The van der Waals surface area contributed by atoms with Gasteiger partial charge in [-0.2, -0.15) is 0 Å². The summed E-state index contributed by atoms with van der Waals surface area (Å²) in [5, 5.41) is 11.1. The van der Waals surface area contributed by atoms with Crippen molar-refractivity contribution in [2.45, 2.75) is 17.9 Å². The molecule has 5 rings (SSSR count). The molecular weight excluding hydrogens is 476 g/mol. The zero-order valence-corrected chi connectivity index (χ0v) is 21.7. The van der Waals surface area contributed by atoms with Crippen LogP contribution in [0.1, 0.15) is 12.0 Å². The number of phenolic OH excluding ortho intramolecular Hbond substituents is 1. The Morgan fingerprint density at radius 1 is 0.730 bits per heavy atom. The third kappa shape index (κ3) is 6.43. The van der Waals surface area contributed by atoms with Gasteiger partial charge >= 0.3 is 0 Å². The van der Waals surface area contributed by atoms with Crippen LogP contribution in [0.25, 0.3) is 22.3 Å². The van der Waals surface area contributed by atoms with Gasteiger partial charge in [0.05, 0.1) is 0 Å². The van der Waals surface area contributed by atoms with E-state index in [1.807, 2.05) is 83.8 Å². The van der Waals surface area contributed by atoms with Crippen molar-refractivity contribution < 1.29 is 9.90 Å². The molecule has 0 radical (unpaired) electrons. The summed E-state index contributed by atoms with van der Waals surface area (Å²) in [5.74, 6) is 1.21. The number of aromatic hydroxyl groups is 1. The van der Waals surface area contributed by atoms with Crippen molar-refractivity contribution in [1.29, 1.82) is 0 Å². The van der Waals surface area contributed by atoms with Crippen LogP contribution in [0.2, 0.25) is 0 Å². The molecule has 5 heteroatoms. The number of hydrogen-bond acceptors (Lipinski definition) is 4. The second-order valence-corrected chi connectivity index (χ2v) is 10.5. The molecule has 4 aromatic carbocycles. The van der Waals surface area contributed by atoms with E-state index in [1.54, 1.807) is 11.8 Å². The molecule has 0 saturated carbocycles. The highest BCUT2D eigenvalue weighted by molar-refractivity contribution is 7.99. The van der Waals surface area contributed by atoms with E-state index in [-0.39, 0.29) is 11.7 Å². The molecule has 0 bridgehead atoms. The van der Waals surface area contributed by atoms with Gasteiger partial charge in [0.2, 0.25) is 5.91 Å². The van der Waals surface area contributed by atoms with Gasteiger partial charge in [-0.1, -0.05) is 91.0 Å². The van der Waals surface area contributed by atoms with E-state index in [0.29, 0.717) is 12.2 Å². The summed E-state index contributed by atoms with van der Waals surface area (Å²) in [6, 6.07) is 34.5. The van der Waals surface area contributed by atoms with Crippen molar-refractivity contribution in [3.63, 3.8) is 0 Å². The molecule has 37 heavy (non-hydrogen) atoms. The van der Waals surface area contributed by atoms with Crippen molar-refractivity contribution in [1.82, 2.24) is 9.80 Å². The molecule has 1 N–H and O–H groups in total. The number of carbonyl (C=O) groups excluding carboxylic acids is 1. The van der Waals surface area contributed by atoms with E-state index in [1.165, 1.54) is 5.56 Å². The van der Waals surface area contributed by atoms with E-state index in [0.717, 1.165) is 59.9 Å². The molecular formula is C32H32N2O2S. The van der Waals surface area contributed by atoms with E-state index in [2.05, 4.69) is 29.2 Å². The van der Waals surface area contributed by atoms with Gasteiger partial charge < -0.3 is 10.0 Å². The fraction of sp³-hybridized carbons (Fsp3) is 0.219. The summed E-state index contributed by atoms with van der Waals surface area (Å²) in [5.41, 5.74) is 4.89. The van der Waals surface area contributed by atoms with Crippen LogP contribution in [-0.2, 0) is 11.3 Å². The minimum atomic E-state index is 0.220. The maximum absolute atomic E-state index is 12.9. The summed E-state index contributed by atoms with van der Waals surface area (Å²) in [6.07, 6.45) is 0.506. The summed E-state index contributed by atoms with van der Waals surface area (Å²) >= 11 is 1.67. The fourth-order valence-corrected chi connectivity index (χ4v) is 5.69. The summed E-state index contributed by atoms with van der Waals surface area (Å²) in [6.45, 7) is 4.32. The molecule has 1 heterocycles. The van der Waals surface area contributed by atoms with Gasteiger partial charge in [-0.15, -0.1) is 11.8 Å². The van der Waals surface area contributed by atoms with E-state index >= 15 is 0 Å². The lowest BCUT2D eigenvalue weighted by atomic mass is 9.97. The Labute approximate surface area is 223 Å². The van der Waals surface area contributed by atoms with Crippen LogP contribution in [0, 0.1) is 0 Å². The first-order chi connectivity index (χ1) is 18.2. The van der Waals surface area contributed by atoms with Crippen LogP contribution in [0.3, 0.4) is 0 Å². The first kappa shape index (κ1) is 25.1. The van der Waals surface area contributed by atoms with Crippen molar-refractivity contribution in [2.75, 3.05) is 31.9 Å². The molecule has 188 valence electrons. The Bertz CT molecular complexity index is 1240. The lowest BCUT2D eigenvalue weighted by Crippen LogP contribution is -2.48. The Hall–Kier alpha value is -3.54. The van der Waals surface area contributed by atoms with Crippen molar-refractivity contribution in [3.8, 4) is 28.0 Å². The lowest BCUT2D eigenvalue weighted by molar-refractivity contribution is -0.132. The quantitative estimate of drug-likeness (QED) is 0.274. The smallest absolute Gasteiger partial charge is 0.223 e. The van der Waals surface area contributed by atoms with Crippen LogP contribution in [0.15, 0.2) is 108 Å². The number of amides is 1. The predicted octanol–water partition coefficient (Wildman–Crippen LogP) is 6.55. The second kappa shape index (κ2) is 12.1. The number of thioether (sulfide) groups is 1. The number of carbonyl (C=O) groups is 1. The topological polar surface area (TPSA) is 43.8 Å². The van der Waals surface area contributed by atoms with E-state index in [4.69, 9.17) is 0 Å². The lowest BCUT2D eigenvalue weighted by Gasteiger charge is -2.34. The highest BCUT2D eigenvalue weighted by atomic mass is 32.2. The average Bonchev–Trinajstić information content (AvgIpc) is 2.95. The minimum absolute atomic E-state index is 0.220. The molecule has 1 aliphatic heterocycles. The molecule has 1 fully saturated rings. The minimum Gasteiger partial charge on any atom is -0.507 e. The van der Waals surface area contributed by atoms with Crippen LogP contribution < -0.4 is 0 Å². The monoisotopic (exact) mass is 508 g/mol. The summed E-state index contributed by atoms with van der Waals surface area (Å²) in [7, 11) is 0. The standard InChI is InChI=1S/C32H32N2O2S/c35-31(34-19-17-33(18-20-34)24-25-10-4-1-5-11-25)16-21-37-28-22-29(26-12-6-2-7-13-26)32(36)30(23-28)27-14-8-3-9-15-27/h1-15,22-23,36H,16-21,24H2. The summed E-state index contributed by atoms with van der Waals surface area (Å²) in [4.78, 5) is 18.4. The van der Waals surface area contributed by atoms with Crippen molar-refractivity contribution >= 4 is 17.7 Å². The Kier molecular flexibility index (Phi) is 8.24. The summed E-state index contributed by atoms with van der Waals surface area (Å²) < 4.78 is 0. The maximum Gasteiger partial charge on any atom is 0.223 e. The van der Waals surface area contributed by atoms with Gasteiger partial charge in [-0.05, 0) is 28.8 Å². The normalized spacial score (nSPS) is 14.0. The molecule has 0 aliphatic carbocycles. The molecule has 1 aliphatic rings. The maximum atomic E-state index is 12.9. The van der Waals surface area contributed by atoms with Crippen molar-refractivity contribution in [3.05, 3.63) is 109 Å². The van der Waals surface area contributed by atoms with Gasteiger partial charge in [0.1, 0.15) is 5.75 Å². The van der Waals surface area contributed by atoms with Crippen LogP contribution in [-0.4, -0.2) is 52.7 Å². The van der Waals surface area contributed by atoms with Crippen LogP contribution in [0.5, 0.6) is 5.75 Å².